The maximum atomic E-state index is 3.46. The topological polar surface area (TPSA) is 15.3 Å². The first-order valence-corrected chi connectivity index (χ1v) is 5.42. The van der Waals surface area contributed by atoms with Crippen LogP contribution in [-0.4, -0.2) is 37.1 Å². The fraction of sp³-hybridized carbons (Fsp3) is 1.00. The average molecular weight is 184 g/mol. The normalized spacial score (nSPS) is 25.2. The second-order valence-corrected chi connectivity index (χ2v) is 5.26. The van der Waals surface area contributed by atoms with Crippen LogP contribution in [0.4, 0.5) is 0 Å². The quantitative estimate of drug-likeness (QED) is 0.703. The predicted molar refractivity (Wildman–Crippen MR) is 58.0 cm³/mol. The van der Waals surface area contributed by atoms with Crippen molar-refractivity contribution < 1.29 is 0 Å². The summed E-state index contributed by atoms with van der Waals surface area (Å²) in [5, 5.41) is 3.46. The van der Waals surface area contributed by atoms with E-state index in [0.29, 0.717) is 5.54 Å². The Labute approximate surface area is 82.7 Å². The maximum absolute atomic E-state index is 3.46. The van der Waals surface area contributed by atoms with Crippen molar-refractivity contribution in [2.45, 2.75) is 39.2 Å². The highest BCUT2D eigenvalue weighted by molar-refractivity contribution is 4.78. The van der Waals surface area contributed by atoms with Gasteiger partial charge in [-0.05, 0) is 59.7 Å². The van der Waals surface area contributed by atoms with Crippen LogP contribution >= 0.6 is 0 Å². The van der Waals surface area contributed by atoms with Crippen LogP contribution in [0.5, 0.6) is 0 Å². The molecule has 1 saturated heterocycles. The average Bonchev–Trinajstić information content (AvgIpc) is 2.04. The van der Waals surface area contributed by atoms with Gasteiger partial charge < -0.3 is 10.2 Å². The monoisotopic (exact) mass is 184 g/mol. The molecule has 0 saturated carbocycles. The van der Waals surface area contributed by atoms with E-state index in [1.54, 1.807) is 0 Å². The zero-order valence-electron chi connectivity index (χ0n) is 9.56. The second kappa shape index (κ2) is 4.43. The van der Waals surface area contributed by atoms with Crippen molar-refractivity contribution in [2.75, 3.05) is 26.7 Å². The third kappa shape index (κ3) is 3.65. The summed E-state index contributed by atoms with van der Waals surface area (Å²) in [5.41, 5.74) is 0.317. The van der Waals surface area contributed by atoms with Crippen molar-refractivity contribution in [3.8, 4) is 0 Å². The molecule has 1 atom stereocenters. The predicted octanol–water partition coefficient (Wildman–Crippen LogP) is 1.72. The van der Waals surface area contributed by atoms with Crippen molar-refractivity contribution >= 4 is 0 Å². The van der Waals surface area contributed by atoms with E-state index in [2.05, 4.69) is 38.0 Å². The summed E-state index contributed by atoms with van der Waals surface area (Å²) in [6, 6.07) is 0. The van der Waals surface area contributed by atoms with Gasteiger partial charge in [0.05, 0.1) is 0 Å². The van der Waals surface area contributed by atoms with Crippen LogP contribution in [0.2, 0.25) is 0 Å². The molecule has 2 heteroatoms. The standard InChI is InChI=1S/C11H24N2/c1-11(2,3)13(4)9-10-6-5-7-12-8-10/h10,12H,5-9H2,1-4H3/t10-/m1/s1. The van der Waals surface area contributed by atoms with Gasteiger partial charge >= 0.3 is 0 Å². The summed E-state index contributed by atoms with van der Waals surface area (Å²) in [5.74, 6) is 0.859. The molecule has 1 aliphatic heterocycles. The summed E-state index contributed by atoms with van der Waals surface area (Å²) >= 11 is 0. The molecule has 0 spiro atoms. The first kappa shape index (κ1) is 11.0. The summed E-state index contributed by atoms with van der Waals surface area (Å²) in [6.07, 6.45) is 2.75. The largest absolute Gasteiger partial charge is 0.316 e. The van der Waals surface area contributed by atoms with Gasteiger partial charge in [0.2, 0.25) is 0 Å². The van der Waals surface area contributed by atoms with Gasteiger partial charge in [-0.3, -0.25) is 0 Å². The summed E-state index contributed by atoms with van der Waals surface area (Å²) < 4.78 is 0. The summed E-state index contributed by atoms with van der Waals surface area (Å²) in [6.45, 7) is 10.5. The molecule has 1 aliphatic rings. The second-order valence-electron chi connectivity index (χ2n) is 5.26. The van der Waals surface area contributed by atoms with Crippen LogP contribution in [-0.2, 0) is 0 Å². The van der Waals surface area contributed by atoms with E-state index in [9.17, 15) is 0 Å². The van der Waals surface area contributed by atoms with Gasteiger partial charge in [0, 0.05) is 12.1 Å². The SMILES string of the molecule is CN(C[C@@H]1CCCNC1)C(C)(C)C. The lowest BCUT2D eigenvalue weighted by Crippen LogP contribution is -2.44. The van der Waals surface area contributed by atoms with Crippen LogP contribution < -0.4 is 5.32 Å². The Balaban J connectivity index is 2.30. The molecule has 1 fully saturated rings. The molecule has 0 radical (unpaired) electrons. The first-order valence-electron chi connectivity index (χ1n) is 5.42. The lowest BCUT2D eigenvalue weighted by Gasteiger charge is -2.36. The zero-order valence-corrected chi connectivity index (χ0v) is 9.56. The third-order valence-corrected chi connectivity index (χ3v) is 3.08. The zero-order chi connectivity index (χ0) is 9.90. The highest BCUT2D eigenvalue weighted by Crippen LogP contribution is 2.16. The van der Waals surface area contributed by atoms with Gasteiger partial charge in [-0.25, -0.2) is 0 Å². The molecule has 1 rings (SSSR count). The molecule has 0 amide bonds. The number of nitrogens with one attached hydrogen (secondary N) is 1. The van der Waals surface area contributed by atoms with Gasteiger partial charge in [-0.15, -0.1) is 0 Å². The molecule has 78 valence electrons. The van der Waals surface area contributed by atoms with Gasteiger partial charge in [0.25, 0.3) is 0 Å². The number of piperidine rings is 1. The number of rotatable bonds is 2. The molecule has 0 bridgehead atoms. The van der Waals surface area contributed by atoms with Crippen LogP contribution in [0.1, 0.15) is 33.6 Å². The van der Waals surface area contributed by atoms with E-state index in [-0.39, 0.29) is 0 Å². The molecule has 0 aromatic heterocycles. The van der Waals surface area contributed by atoms with Crippen molar-refractivity contribution in [1.29, 1.82) is 0 Å². The highest BCUT2D eigenvalue weighted by atomic mass is 15.2. The Morgan fingerprint density at radius 1 is 1.38 bits per heavy atom. The van der Waals surface area contributed by atoms with Crippen LogP contribution in [0, 0.1) is 5.92 Å². The Morgan fingerprint density at radius 2 is 2.08 bits per heavy atom. The van der Waals surface area contributed by atoms with Crippen molar-refractivity contribution in [1.82, 2.24) is 10.2 Å². The van der Waals surface area contributed by atoms with E-state index in [1.165, 1.54) is 32.5 Å². The van der Waals surface area contributed by atoms with Crippen LogP contribution in [0.15, 0.2) is 0 Å². The number of hydrogen-bond donors (Lipinski definition) is 1. The molecule has 0 aromatic rings. The molecule has 1 N–H and O–H groups in total. The maximum Gasteiger partial charge on any atom is 0.0122 e. The van der Waals surface area contributed by atoms with Crippen LogP contribution in [0.25, 0.3) is 0 Å². The fourth-order valence-electron chi connectivity index (χ4n) is 1.74. The Morgan fingerprint density at radius 3 is 2.54 bits per heavy atom. The van der Waals surface area contributed by atoms with Crippen molar-refractivity contribution in [3.05, 3.63) is 0 Å². The first-order chi connectivity index (χ1) is 6.00. The highest BCUT2D eigenvalue weighted by Gasteiger charge is 2.21. The molecule has 0 unspecified atom stereocenters. The molecular weight excluding hydrogens is 160 g/mol. The number of hydrogen-bond acceptors (Lipinski definition) is 2. The van der Waals surface area contributed by atoms with Gasteiger partial charge in [0.15, 0.2) is 0 Å². The van der Waals surface area contributed by atoms with E-state index < -0.39 is 0 Å². The fourth-order valence-corrected chi connectivity index (χ4v) is 1.74. The molecule has 1 heterocycles. The Bertz CT molecular complexity index is 143. The third-order valence-electron chi connectivity index (χ3n) is 3.08. The Kier molecular flexibility index (Phi) is 3.74. The van der Waals surface area contributed by atoms with E-state index >= 15 is 0 Å². The van der Waals surface area contributed by atoms with E-state index in [4.69, 9.17) is 0 Å². The molecular formula is C11H24N2. The minimum Gasteiger partial charge on any atom is -0.316 e. The molecule has 0 aromatic carbocycles. The summed E-state index contributed by atoms with van der Waals surface area (Å²) in [4.78, 5) is 2.46. The molecule has 0 aliphatic carbocycles. The van der Waals surface area contributed by atoms with Crippen LogP contribution in [0.3, 0.4) is 0 Å². The minimum absolute atomic E-state index is 0.317. The van der Waals surface area contributed by atoms with Gasteiger partial charge in [-0.1, -0.05) is 0 Å². The Hall–Kier alpha value is -0.0800. The smallest absolute Gasteiger partial charge is 0.0122 e. The molecule has 2 nitrogen and oxygen atoms in total. The molecule has 13 heavy (non-hydrogen) atoms. The van der Waals surface area contributed by atoms with Crippen molar-refractivity contribution in [3.63, 3.8) is 0 Å². The van der Waals surface area contributed by atoms with Gasteiger partial charge in [0.1, 0.15) is 0 Å². The van der Waals surface area contributed by atoms with Crippen molar-refractivity contribution in [2.24, 2.45) is 5.92 Å². The lowest BCUT2D eigenvalue weighted by molar-refractivity contribution is 0.138. The minimum atomic E-state index is 0.317. The summed E-state index contributed by atoms with van der Waals surface area (Å²) in [7, 11) is 2.23. The van der Waals surface area contributed by atoms with E-state index in [1.807, 2.05) is 0 Å². The number of nitrogens with zero attached hydrogens (tertiary/aromatic N) is 1. The lowest BCUT2D eigenvalue weighted by atomic mass is 9.97. The van der Waals surface area contributed by atoms with Gasteiger partial charge in [-0.2, -0.15) is 0 Å². The van der Waals surface area contributed by atoms with E-state index in [0.717, 1.165) is 5.92 Å².